The van der Waals surface area contributed by atoms with Crippen LogP contribution in [0.4, 0.5) is 0 Å². The minimum atomic E-state index is -0.525. The van der Waals surface area contributed by atoms with Crippen molar-refractivity contribution < 1.29 is 24.2 Å². The van der Waals surface area contributed by atoms with Crippen molar-refractivity contribution in [2.45, 2.75) is 12.6 Å². The summed E-state index contributed by atoms with van der Waals surface area (Å²) in [5.41, 5.74) is 3.36. The molecule has 1 aliphatic rings. The summed E-state index contributed by atoms with van der Waals surface area (Å²) in [6.45, 7) is 0.326. The van der Waals surface area contributed by atoms with Gasteiger partial charge in [0.25, 0.3) is 5.91 Å². The van der Waals surface area contributed by atoms with Crippen LogP contribution >= 0.6 is 0 Å². The lowest BCUT2D eigenvalue weighted by molar-refractivity contribution is -0.130. The molecule has 6 nitrogen and oxygen atoms in total. The lowest BCUT2D eigenvalue weighted by atomic mass is 9.92. The molecule has 0 spiro atoms. The zero-order valence-corrected chi connectivity index (χ0v) is 17.8. The lowest BCUT2D eigenvalue weighted by Gasteiger charge is -2.27. The lowest BCUT2D eigenvalue weighted by Crippen LogP contribution is -2.29. The number of methoxy groups -OCH3 is 2. The van der Waals surface area contributed by atoms with Crippen molar-refractivity contribution in [1.82, 2.24) is 4.90 Å². The Kier molecular flexibility index (Phi) is 5.94. The van der Waals surface area contributed by atoms with Gasteiger partial charge in [0, 0.05) is 12.1 Å². The van der Waals surface area contributed by atoms with Crippen molar-refractivity contribution in [3.05, 3.63) is 107 Å². The quantitative estimate of drug-likeness (QED) is 0.583. The molecule has 162 valence electrons. The summed E-state index contributed by atoms with van der Waals surface area (Å²) in [4.78, 5) is 26.6. The third-order valence-corrected chi connectivity index (χ3v) is 5.55. The first-order chi connectivity index (χ1) is 15.5. The first kappa shape index (κ1) is 21.2. The van der Waals surface area contributed by atoms with Crippen LogP contribution in [0.25, 0.3) is 5.57 Å². The highest BCUT2D eigenvalue weighted by atomic mass is 16.5. The van der Waals surface area contributed by atoms with Crippen LogP contribution in [0, 0.1) is 0 Å². The van der Waals surface area contributed by atoms with Crippen LogP contribution in [0.2, 0.25) is 0 Å². The van der Waals surface area contributed by atoms with Crippen LogP contribution in [-0.2, 0) is 16.1 Å². The average molecular weight is 429 g/mol. The molecule has 1 N–H and O–H groups in total. The Morgan fingerprint density at radius 3 is 2.19 bits per heavy atom. The van der Waals surface area contributed by atoms with Gasteiger partial charge in [-0.2, -0.15) is 0 Å². The van der Waals surface area contributed by atoms with Crippen LogP contribution in [-0.4, -0.2) is 36.1 Å². The Bertz CT molecular complexity index is 1150. The number of amides is 1. The fraction of sp³-hybridized carbons (Fsp3) is 0.154. The fourth-order valence-electron chi connectivity index (χ4n) is 3.93. The van der Waals surface area contributed by atoms with Crippen molar-refractivity contribution in [3.8, 4) is 5.75 Å². The van der Waals surface area contributed by atoms with E-state index in [1.807, 2.05) is 42.5 Å². The molecule has 3 aromatic rings. The van der Waals surface area contributed by atoms with Gasteiger partial charge < -0.3 is 19.5 Å². The Morgan fingerprint density at radius 1 is 0.938 bits per heavy atom. The molecule has 0 aliphatic carbocycles. The van der Waals surface area contributed by atoms with E-state index in [0.29, 0.717) is 29.0 Å². The zero-order valence-electron chi connectivity index (χ0n) is 17.8. The maximum absolute atomic E-state index is 13.1. The molecule has 32 heavy (non-hydrogen) atoms. The van der Waals surface area contributed by atoms with Gasteiger partial charge in [-0.25, -0.2) is 4.79 Å². The summed E-state index contributed by atoms with van der Waals surface area (Å²) < 4.78 is 10.0. The van der Waals surface area contributed by atoms with E-state index in [1.165, 1.54) is 7.11 Å². The number of rotatable bonds is 6. The monoisotopic (exact) mass is 429 g/mol. The fourth-order valence-corrected chi connectivity index (χ4v) is 3.93. The van der Waals surface area contributed by atoms with E-state index >= 15 is 0 Å². The molecule has 0 aromatic heterocycles. The van der Waals surface area contributed by atoms with Gasteiger partial charge >= 0.3 is 5.97 Å². The highest BCUT2D eigenvalue weighted by Crippen LogP contribution is 2.44. The second-order valence-corrected chi connectivity index (χ2v) is 7.43. The summed E-state index contributed by atoms with van der Waals surface area (Å²) in [5.74, 6) is -0.484. The average Bonchev–Trinajstić information content (AvgIpc) is 3.09. The predicted molar refractivity (Wildman–Crippen MR) is 120 cm³/mol. The van der Waals surface area contributed by atoms with E-state index in [-0.39, 0.29) is 5.76 Å². The van der Waals surface area contributed by atoms with Crippen molar-refractivity contribution in [1.29, 1.82) is 0 Å². The van der Waals surface area contributed by atoms with Crippen LogP contribution in [0.15, 0.2) is 84.6 Å². The molecule has 6 heteroatoms. The van der Waals surface area contributed by atoms with Crippen molar-refractivity contribution in [2.24, 2.45) is 0 Å². The molecule has 4 rings (SSSR count). The minimum absolute atomic E-state index is 0.284. The number of ether oxygens (including phenoxy) is 2. The number of esters is 1. The van der Waals surface area contributed by atoms with Crippen molar-refractivity contribution in [3.63, 3.8) is 0 Å². The number of aliphatic hydroxyl groups is 1. The van der Waals surface area contributed by atoms with E-state index < -0.39 is 17.9 Å². The molecular weight excluding hydrogens is 406 g/mol. The summed E-state index contributed by atoms with van der Waals surface area (Å²) in [6.07, 6.45) is 0. The van der Waals surface area contributed by atoms with Gasteiger partial charge in [0.2, 0.25) is 0 Å². The van der Waals surface area contributed by atoms with Gasteiger partial charge in [0.1, 0.15) is 5.75 Å². The molecule has 3 aromatic carbocycles. The van der Waals surface area contributed by atoms with Crippen LogP contribution in [0.1, 0.15) is 33.1 Å². The first-order valence-electron chi connectivity index (χ1n) is 10.1. The molecule has 0 bridgehead atoms. The zero-order chi connectivity index (χ0) is 22.7. The number of carbonyl (C=O) groups excluding carboxylic acids is 2. The third kappa shape index (κ3) is 3.95. The van der Waals surface area contributed by atoms with Crippen LogP contribution in [0.5, 0.6) is 5.75 Å². The molecule has 1 aliphatic heterocycles. The molecule has 1 unspecified atom stereocenters. The molecule has 0 saturated heterocycles. The second-order valence-electron chi connectivity index (χ2n) is 7.43. The largest absolute Gasteiger partial charge is 0.503 e. The van der Waals surface area contributed by atoms with E-state index in [4.69, 9.17) is 9.47 Å². The number of aliphatic hydroxyl groups excluding tert-OH is 1. The summed E-state index contributed by atoms with van der Waals surface area (Å²) in [5, 5.41) is 10.9. The van der Waals surface area contributed by atoms with E-state index in [1.54, 1.807) is 48.4 Å². The van der Waals surface area contributed by atoms with Gasteiger partial charge in [-0.1, -0.05) is 54.6 Å². The molecule has 0 saturated carbocycles. The van der Waals surface area contributed by atoms with E-state index in [9.17, 15) is 14.7 Å². The van der Waals surface area contributed by atoms with E-state index in [2.05, 4.69) is 0 Å². The van der Waals surface area contributed by atoms with E-state index in [0.717, 1.165) is 11.1 Å². The highest BCUT2D eigenvalue weighted by molar-refractivity contribution is 6.05. The molecule has 0 fully saturated rings. The number of carbonyl (C=O) groups is 2. The topological polar surface area (TPSA) is 76.1 Å². The SMILES string of the molecule is COC(=O)c1ccc(C2C(c3ccc(OC)cc3)=C(O)C(=O)N2Cc2ccccc2)cc1. The smallest absolute Gasteiger partial charge is 0.337 e. The number of hydrogen-bond acceptors (Lipinski definition) is 5. The number of hydrogen-bond donors (Lipinski definition) is 1. The summed E-state index contributed by atoms with van der Waals surface area (Å²) in [7, 11) is 2.91. The number of benzene rings is 3. The minimum Gasteiger partial charge on any atom is -0.503 e. The Hall–Kier alpha value is -4.06. The summed E-state index contributed by atoms with van der Waals surface area (Å²) >= 11 is 0. The third-order valence-electron chi connectivity index (χ3n) is 5.55. The standard InChI is InChI=1S/C26H23NO5/c1-31-21-14-12-18(13-15-21)22-23(19-8-10-20(11-9-19)26(30)32-2)27(25(29)24(22)28)16-17-6-4-3-5-7-17/h3-15,23,28H,16H2,1-2H3. The Balaban J connectivity index is 1.79. The number of nitrogens with zero attached hydrogens (tertiary/aromatic N) is 1. The van der Waals surface area contributed by atoms with Crippen molar-refractivity contribution in [2.75, 3.05) is 14.2 Å². The van der Waals surface area contributed by atoms with Gasteiger partial charge in [-0.05, 0) is 41.0 Å². The molecular formula is C26H23NO5. The van der Waals surface area contributed by atoms with Crippen LogP contribution in [0.3, 0.4) is 0 Å². The molecule has 1 heterocycles. The highest BCUT2D eigenvalue weighted by Gasteiger charge is 2.41. The van der Waals surface area contributed by atoms with Crippen LogP contribution < -0.4 is 4.74 Å². The Morgan fingerprint density at radius 2 is 1.59 bits per heavy atom. The normalized spacial score (nSPS) is 15.8. The molecule has 1 atom stereocenters. The summed E-state index contributed by atoms with van der Waals surface area (Å²) in [6, 6.07) is 23.2. The van der Waals surface area contributed by atoms with Gasteiger partial charge in [-0.15, -0.1) is 0 Å². The molecule has 1 amide bonds. The van der Waals surface area contributed by atoms with Crippen molar-refractivity contribution >= 4 is 17.4 Å². The maximum atomic E-state index is 13.1. The van der Waals surface area contributed by atoms with Gasteiger partial charge in [0.05, 0.1) is 25.8 Å². The second kappa shape index (κ2) is 8.98. The predicted octanol–water partition coefficient (Wildman–Crippen LogP) is 4.53. The Labute approximate surface area is 186 Å². The van der Waals surface area contributed by atoms with Gasteiger partial charge in [-0.3, -0.25) is 4.79 Å². The maximum Gasteiger partial charge on any atom is 0.337 e. The van der Waals surface area contributed by atoms with Gasteiger partial charge in [0.15, 0.2) is 5.76 Å². The molecule has 0 radical (unpaired) electrons. The first-order valence-corrected chi connectivity index (χ1v) is 10.1.